The topological polar surface area (TPSA) is 38.2 Å². The first-order valence-corrected chi connectivity index (χ1v) is 7.35. The molecule has 1 aromatic heterocycles. The summed E-state index contributed by atoms with van der Waals surface area (Å²) in [7, 11) is 1.72. The van der Waals surface area contributed by atoms with Gasteiger partial charge >= 0.3 is 0 Å². The molecule has 1 aromatic rings. The van der Waals surface area contributed by atoms with Crippen molar-refractivity contribution in [2.75, 3.05) is 25.2 Å². The number of methoxy groups -OCH3 is 1. The predicted octanol–water partition coefficient (Wildman–Crippen LogP) is 2.78. The van der Waals surface area contributed by atoms with Crippen molar-refractivity contribution in [1.82, 2.24) is 9.97 Å². The molecule has 1 aliphatic carbocycles. The van der Waals surface area contributed by atoms with Crippen molar-refractivity contribution in [2.24, 2.45) is 5.92 Å². The monoisotopic (exact) mass is 283 g/mol. The Hall–Kier alpha value is -0.870. The molecular formula is C14H22ClN3O. The van der Waals surface area contributed by atoms with Crippen molar-refractivity contribution in [3.63, 3.8) is 0 Å². The fraction of sp³-hybridized carbons (Fsp3) is 0.714. The SMILES string of the molecule is COCCN(c1ncc(CCl)c(C)n1)C(C)C1CC1. The second kappa shape index (κ2) is 6.53. The van der Waals surface area contributed by atoms with E-state index in [1.807, 2.05) is 13.1 Å². The molecule has 0 radical (unpaired) electrons. The zero-order valence-electron chi connectivity index (χ0n) is 11.9. The molecule has 0 spiro atoms. The van der Waals surface area contributed by atoms with E-state index < -0.39 is 0 Å². The molecule has 0 amide bonds. The Kier molecular flexibility index (Phi) is 4.99. The minimum atomic E-state index is 0.461. The van der Waals surface area contributed by atoms with E-state index in [1.54, 1.807) is 7.11 Å². The van der Waals surface area contributed by atoms with Gasteiger partial charge in [0.2, 0.25) is 5.95 Å². The third-order valence-electron chi connectivity index (χ3n) is 3.80. The second-order valence-electron chi connectivity index (χ2n) is 5.18. The van der Waals surface area contributed by atoms with Crippen LogP contribution in [-0.4, -0.2) is 36.3 Å². The Labute approximate surface area is 120 Å². The van der Waals surface area contributed by atoms with Gasteiger partial charge in [-0.25, -0.2) is 9.97 Å². The van der Waals surface area contributed by atoms with Crippen LogP contribution in [0.5, 0.6) is 0 Å². The highest BCUT2D eigenvalue weighted by atomic mass is 35.5. The summed E-state index contributed by atoms with van der Waals surface area (Å²) < 4.78 is 5.20. The van der Waals surface area contributed by atoms with Gasteiger partial charge in [0.05, 0.1) is 12.5 Å². The molecule has 1 saturated carbocycles. The molecule has 0 bridgehead atoms. The van der Waals surface area contributed by atoms with Gasteiger partial charge in [-0.15, -0.1) is 11.6 Å². The Balaban J connectivity index is 2.18. The molecule has 0 N–H and O–H groups in total. The van der Waals surface area contributed by atoms with Crippen LogP contribution in [0.15, 0.2) is 6.20 Å². The summed E-state index contributed by atoms with van der Waals surface area (Å²) in [4.78, 5) is 11.3. The summed E-state index contributed by atoms with van der Waals surface area (Å²) >= 11 is 5.86. The molecule has 1 fully saturated rings. The van der Waals surface area contributed by atoms with Gasteiger partial charge in [-0.1, -0.05) is 0 Å². The first-order chi connectivity index (χ1) is 9.17. The zero-order valence-corrected chi connectivity index (χ0v) is 12.7. The average Bonchev–Trinajstić information content (AvgIpc) is 3.23. The van der Waals surface area contributed by atoms with Gasteiger partial charge in [0.1, 0.15) is 0 Å². The molecular weight excluding hydrogens is 262 g/mol. The molecule has 106 valence electrons. The number of halogens is 1. The average molecular weight is 284 g/mol. The lowest BCUT2D eigenvalue weighted by Gasteiger charge is -2.29. The van der Waals surface area contributed by atoms with Crippen LogP contribution in [0.4, 0.5) is 5.95 Å². The summed E-state index contributed by atoms with van der Waals surface area (Å²) in [5.41, 5.74) is 1.96. The number of ether oxygens (including phenoxy) is 1. The van der Waals surface area contributed by atoms with Gasteiger partial charge in [-0.2, -0.15) is 0 Å². The first-order valence-electron chi connectivity index (χ1n) is 6.81. The van der Waals surface area contributed by atoms with Crippen LogP contribution in [-0.2, 0) is 10.6 Å². The summed E-state index contributed by atoms with van der Waals surface area (Å²) in [5.74, 6) is 2.03. The number of hydrogen-bond acceptors (Lipinski definition) is 4. The van der Waals surface area contributed by atoms with E-state index in [-0.39, 0.29) is 0 Å². The number of nitrogens with zero attached hydrogens (tertiary/aromatic N) is 3. The van der Waals surface area contributed by atoms with Crippen LogP contribution in [0.25, 0.3) is 0 Å². The Morgan fingerprint density at radius 3 is 2.79 bits per heavy atom. The number of rotatable bonds is 7. The molecule has 2 rings (SSSR count). The zero-order chi connectivity index (χ0) is 13.8. The molecule has 0 aromatic carbocycles. The fourth-order valence-electron chi connectivity index (χ4n) is 2.26. The maximum atomic E-state index is 5.86. The van der Waals surface area contributed by atoms with Crippen LogP contribution < -0.4 is 4.90 Å². The number of alkyl halides is 1. The van der Waals surface area contributed by atoms with E-state index in [0.717, 1.165) is 29.7 Å². The summed E-state index contributed by atoms with van der Waals surface area (Å²) in [6.07, 6.45) is 4.46. The van der Waals surface area contributed by atoms with E-state index in [4.69, 9.17) is 16.3 Å². The second-order valence-corrected chi connectivity index (χ2v) is 5.45. The van der Waals surface area contributed by atoms with Crippen LogP contribution in [0.2, 0.25) is 0 Å². The molecule has 1 atom stereocenters. The minimum absolute atomic E-state index is 0.461. The highest BCUT2D eigenvalue weighted by Crippen LogP contribution is 2.36. The van der Waals surface area contributed by atoms with Gasteiger partial charge in [-0.3, -0.25) is 0 Å². The van der Waals surface area contributed by atoms with Crippen molar-refractivity contribution < 1.29 is 4.74 Å². The van der Waals surface area contributed by atoms with E-state index in [9.17, 15) is 0 Å². The Bertz CT molecular complexity index is 423. The van der Waals surface area contributed by atoms with Crippen molar-refractivity contribution in [3.05, 3.63) is 17.5 Å². The maximum Gasteiger partial charge on any atom is 0.225 e. The Morgan fingerprint density at radius 2 is 2.26 bits per heavy atom. The summed E-state index contributed by atoms with van der Waals surface area (Å²) in [6, 6.07) is 0.469. The third-order valence-corrected chi connectivity index (χ3v) is 4.09. The summed E-state index contributed by atoms with van der Waals surface area (Å²) in [5, 5.41) is 0. The normalized spacial score (nSPS) is 16.4. The van der Waals surface area contributed by atoms with Gasteiger partial charge in [0, 0.05) is 37.2 Å². The molecule has 19 heavy (non-hydrogen) atoms. The van der Waals surface area contributed by atoms with Gasteiger partial charge in [0.15, 0.2) is 0 Å². The van der Waals surface area contributed by atoms with E-state index in [1.165, 1.54) is 12.8 Å². The fourth-order valence-corrected chi connectivity index (χ4v) is 2.52. The van der Waals surface area contributed by atoms with Crippen molar-refractivity contribution in [3.8, 4) is 0 Å². The van der Waals surface area contributed by atoms with Crippen molar-refractivity contribution in [2.45, 2.75) is 38.6 Å². The van der Waals surface area contributed by atoms with Crippen molar-refractivity contribution in [1.29, 1.82) is 0 Å². The van der Waals surface area contributed by atoms with Gasteiger partial charge in [-0.05, 0) is 32.6 Å². The molecule has 4 nitrogen and oxygen atoms in total. The lowest BCUT2D eigenvalue weighted by Crippen LogP contribution is -2.38. The van der Waals surface area contributed by atoms with Gasteiger partial charge in [0.25, 0.3) is 0 Å². The molecule has 1 heterocycles. The predicted molar refractivity (Wildman–Crippen MR) is 77.7 cm³/mol. The van der Waals surface area contributed by atoms with Crippen LogP contribution in [0, 0.1) is 12.8 Å². The van der Waals surface area contributed by atoms with E-state index in [2.05, 4.69) is 21.8 Å². The third kappa shape index (κ3) is 3.57. The molecule has 5 heteroatoms. The highest BCUT2D eigenvalue weighted by Gasteiger charge is 2.33. The smallest absolute Gasteiger partial charge is 0.225 e. The van der Waals surface area contributed by atoms with E-state index >= 15 is 0 Å². The lowest BCUT2D eigenvalue weighted by atomic mass is 10.2. The summed E-state index contributed by atoms with van der Waals surface area (Å²) in [6.45, 7) is 5.76. The minimum Gasteiger partial charge on any atom is -0.383 e. The molecule has 1 unspecified atom stereocenters. The lowest BCUT2D eigenvalue weighted by molar-refractivity contribution is 0.202. The van der Waals surface area contributed by atoms with Crippen LogP contribution in [0.1, 0.15) is 31.0 Å². The quantitative estimate of drug-likeness (QED) is 0.721. The van der Waals surface area contributed by atoms with Crippen molar-refractivity contribution >= 4 is 17.5 Å². The van der Waals surface area contributed by atoms with Gasteiger partial charge < -0.3 is 9.64 Å². The molecule has 0 aliphatic heterocycles. The molecule has 1 aliphatic rings. The van der Waals surface area contributed by atoms with Crippen LogP contribution in [0.3, 0.4) is 0 Å². The number of hydrogen-bond donors (Lipinski definition) is 0. The van der Waals surface area contributed by atoms with E-state index in [0.29, 0.717) is 18.5 Å². The first kappa shape index (κ1) is 14.5. The Morgan fingerprint density at radius 1 is 1.53 bits per heavy atom. The number of anilines is 1. The number of aryl methyl sites for hydroxylation is 1. The highest BCUT2D eigenvalue weighted by molar-refractivity contribution is 6.17. The van der Waals surface area contributed by atoms with Crippen LogP contribution >= 0.6 is 11.6 Å². The maximum absolute atomic E-state index is 5.86. The molecule has 0 saturated heterocycles. The standard InChI is InChI=1S/C14H22ClN3O/c1-10-13(8-15)9-16-14(17-10)18(6-7-19-3)11(2)12-4-5-12/h9,11-12H,4-8H2,1-3H3. The number of aromatic nitrogens is 2. The largest absolute Gasteiger partial charge is 0.383 e.